The third-order valence-corrected chi connectivity index (χ3v) is 26.2. The maximum absolute atomic E-state index is 13.9. The summed E-state index contributed by atoms with van der Waals surface area (Å²) in [6, 6.07) is 12.7. The highest BCUT2D eigenvalue weighted by molar-refractivity contribution is 7.47. The van der Waals surface area contributed by atoms with E-state index in [1.54, 1.807) is 20.8 Å². The van der Waals surface area contributed by atoms with Gasteiger partial charge in [-0.3, -0.25) is 43.7 Å². The number of rotatable bonds is 21. The van der Waals surface area contributed by atoms with Crippen LogP contribution in [0.2, 0.25) is 0 Å². The first-order chi connectivity index (χ1) is 74.8. The Morgan fingerprint density at radius 1 is 0.348 bits per heavy atom. The molecule has 51 heteroatoms. The van der Waals surface area contributed by atoms with Gasteiger partial charge in [0.05, 0.1) is 140 Å². The molecule has 9 fully saturated rings. The normalized spacial score (nSPS) is 40.5. The lowest BCUT2D eigenvalue weighted by atomic mass is 9.66. The number of esters is 3. The molecule has 30 atom stereocenters. The molecular formula is C87H99O48P3. The van der Waals surface area contributed by atoms with Gasteiger partial charge in [0, 0.05) is 38.2 Å². The predicted molar refractivity (Wildman–Crippen MR) is 448 cm³/mol. The van der Waals surface area contributed by atoms with Gasteiger partial charge in [-0.2, -0.15) is 0 Å². The molecule has 3 aliphatic carbocycles. The van der Waals surface area contributed by atoms with Crippen molar-refractivity contribution < 1.29 is 262 Å². The highest BCUT2D eigenvalue weighted by atomic mass is 31.2. The molecule has 12 heterocycles. The Morgan fingerprint density at radius 3 is 0.978 bits per heavy atom. The fourth-order valence-corrected chi connectivity index (χ4v) is 20.4. The smallest absolute Gasteiger partial charge is 0.493 e. The maximum Gasteiger partial charge on any atom is 0.525 e. The van der Waals surface area contributed by atoms with E-state index in [1.165, 1.54) is 30.3 Å². The van der Waals surface area contributed by atoms with E-state index in [2.05, 4.69) is 9.05 Å². The number of phosphoric ester groups is 3. The molecule has 6 aromatic carbocycles. The van der Waals surface area contributed by atoms with Crippen molar-refractivity contribution >= 4 is 41.4 Å². The van der Waals surface area contributed by atoms with Gasteiger partial charge in [-0.15, -0.1) is 0 Å². The molecule has 0 saturated carbocycles. The minimum atomic E-state index is -5.59. The molecule has 750 valence electrons. The zero-order chi connectivity index (χ0) is 118. The minimum absolute atomic E-state index is 0.0149. The quantitative estimate of drug-likeness (QED) is 0.0279. The van der Waals surface area contributed by atoms with Crippen molar-refractivity contribution in [1.29, 1.82) is 0 Å². The summed E-state index contributed by atoms with van der Waals surface area (Å²) < 4.78 is 394. The Labute approximate surface area is 816 Å². The Hall–Kier alpha value is -9.54. The van der Waals surface area contributed by atoms with Gasteiger partial charge in [0.2, 0.25) is 37.5 Å². The molecular weight excluding hydrogens is 1910 g/mol. The van der Waals surface area contributed by atoms with Crippen molar-refractivity contribution in [2.75, 3.05) is 102 Å². The summed E-state index contributed by atoms with van der Waals surface area (Å²) in [6.45, 7) is -9.77. The van der Waals surface area contributed by atoms with Crippen LogP contribution in [0.5, 0.6) is 86.2 Å². The van der Waals surface area contributed by atoms with E-state index in [1.807, 2.05) is 0 Å². The molecule has 15 aliphatic rings. The minimum Gasteiger partial charge on any atom is -0.493 e. The molecule has 0 spiro atoms. The monoisotopic (exact) mass is 2030 g/mol. The van der Waals surface area contributed by atoms with Crippen LogP contribution in [0.1, 0.15) is 140 Å². The van der Waals surface area contributed by atoms with Crippen LogP contribution in [0.15, 0.2) is 72.8 Å². The number of carbonyl (C=O) groups is 3. The number of ether oxygens (including phenoxy) is 27. The van der Waals surface area contributed by atoms with Gasteiger partial charge in [-0.05, 0) is 144 Å². The van der Waals surface area contributed by atoms with Crippen LogP contribution in [0.25, 0.3) is 0 Å². The van der Waals surface area contributed by atoms with Gasteiger partial charge >= 0.3 is 41.4 Å². The average Bonchev–Trinajstić information content (AvgIpc) is 1.47. The number of cyclic esters (lactones) is 3. The van der Waals surface area contributed by atoms with Crippen molar-refractivity contribution in [1.82, 2.24) is 0 Å². The predicted octanol–water partition coefficient (Wildman–Crippen LogP) is 3.31. The van der Waals surface area contributed by atoms with Crippen molar-refractivity contribution in [2.45, 2.75) is 168 Å². The largest absolute Gasteiger partial charge is 0.525 e. The number of aliphatic hydroxyl groups is 6. The first kappa shape index (κ1) is 71.8. The van der Waals surface area contributed by atoms with E-state index >= 15 is 0 Å². The fraction of sp³-hybridized carbons (Fsp3) is 0.552. The number of methoxy groups -OCH3 is 6. The zero-order valence-corrected chi connectivity index (χ0v) is 74.0. The third kappa shape index (κ3) is 18.3. The second-order valence-electron chi connectivity index (χ2n) is 33.0. The Balaban J connectivity index is 0.000000150. The Morgan fingerprint density at radius 2 is 0.638 bits per heavy atom. The third-order valence-electron chi connectivity index (χ3n) is 25.0. The van der Waals surface area contributed by atoms with Crippen LogP contribution < -0.4 is 70.4 Å². The molecule has 12 aliphatic heterocycles. The van der Waals surface area contributed by atoms with Crippen LogP contribution in [0.3, 0.4) is 0 Å². The second-order valence-corrected chi connectivity index (χ2v) is 36.5. The first-order valence-electron chi connectivity index (χ1n) is 53.6. The molecule has 21 rings (SSSR count). The van der Waals surface area contributed by atoms with E-state index in [4.69, 9.17) is 163 Å². The topological polar surface area (TPSA) is 622 Å². The molecule has 48 nitrogen and oxygen atoms in total. The van der Waals surface area contributed by atoms with Gasteiger partial charge in [-0.1, -0.05) is 0 Å². The molecule has 12 N–H and O–H groups in total. The van der Waals surface area contributed by atoms with Crippen LogP contribution in [-0.4, -0.2) is 291 Å². The molecule has 0 radical (unpaired) electrons. The highest BCUT2D eigenvalue weighted by Crippen LogP contribution is 2.64. The lowest BCUT2D eigenvalue weighted by molar-refractivity contribution is -0.364. The molecule has 0 bridgehead atoms. The van der Waals surface area contributed by atoms with Gasteiger partial charge in [0.15, 0.2) is 107 Å². The van der Waals surface area contributed by atoms with Gasteiger partial charge in [0.1, 0.15) is 81.5 Å². The molecule has 138 heavy (non-hydrogen) atoms. The lowest BCUT2D eigenvalue weighted by Gasteiger charge is -2.47. The lowest BCUT2D eigenvalue weighted by Crippen LogP contribution is -2.63. The molecule has 0 unspecified atom stereocenters. The van der Waals surface area contributed by atoms with Crippen molar-refractivity contribution in [3.63, 3.8) is 0 Å². The number of benzene rings is 6. The zero-order valence-electron chi connectivity index (χ0n) is 95.3. The molecule has 9 saturated heterocycles. The summed E-state index contributed by atoms with van der Waals surface area (Å²) in [4.78, 5) is 99.1. The Kier molecular flexibility index (Phi) is 20.0. The summed E-state index contributed by atoms with van der Waals surface area (Å²) in [7, 11) is -27.5. The van der Waals surface area contributed by atoms with Crippen molar-refractivity contribution in [3.8, 4) is 86.2 Å². The van der Waals surface area contributed by atoms with Crippen molar-refractivity contribution in [3.05, 3.63) is 123 Å². The summed E-state index contributed by atoms with van der Waals surface area (Å²) in [5, 5.41) is 66.5. The van der Waals surface area contributed by atoms with E-state index in [0.717, 1.165) is 56.7 Å². The van der Waals surface area contributed by atoms with E-state index in [-0.39, 0.29) is 110 Å². The van der Waals surface area contributed by atoms with Crippen LogP contribution in [-0.2, 0) is 99.1 Å². The fourth-order valence-electron chi connectivity index (χ4n) is 19.1. The van der Waals surface area contributed by atoms with Gasteiger partial charge in [-0.25, -0.2) is 13.7 Å². The van der Waals surface area contributed by atoms with Gasteiger partial charge < -0.3 is 172 Å². The standard InChI is InChI=1S/3C29H33O16P/c3*1-11-38-9-20-27(42-11)23(30)24(31)29(43-20)44-25-14-7-17-16(40-10-41-17)6-13(14)21(22-15(25)8-39-28(22)32)12-4-18(36-2)26(19(5-12)37-3)45-46(33,34)35/h3*4-7,11,15,20-25,27,29-31H,8-10H2,1-3H3,(H2,33,34,35)/t3*11-,15+,20-,21-,22+,23-,24-,25-,27-,29+/m111/s1/i2D3,3D3,10D2,21D;2D3,3D3,8D2,10D2;8D2,10D2,21D. The number of carbonyl (C=O) groups excluding carboxylic acids is 3. The highest BCUT2D eigenvalue weighted by Gasteiger charge is 2.62. The van der Waals surface area contributed by atoms with Crippen molar-refractivity contribution in [2.24, 2.45) is 35.5 Å². The first-order valence-corrected chi connectivity index (χ1v) is 46.2. The van der Waals surface area contributed by atoms with Crippen LogP contribution in [0, 0.1) is 35.5 Å². The molecule has 0 amide bonds. The number of hydrogen-bond donors (Lipinski definition) is 12. The van der Waals surface area contributed by atoms with Crippen LogP contribution >= 0.6 is 23.5 Å². The number of aliphatic hydroxyl groups excluding tert-OH is 6. The number of phosphoric acid groups is 3. The van der Waals surface area contributed by atoms with Gasteiger partial charge in [0.25, 0.3) is 0 Å². The average molecular weight is 2030 g/mol. The number of fused-ring (bicyclic) bond motifs is 12. The van der Waals surface area contributed by atoms with Crippen LogP contribution in [0.4, 0.5) is 0 Å². The summed E-state index contributed by atoms with van der Waals surface area (Å²) >= 11 is 0. The summed E-state index contributed by atoms with van der Waals surface area (Å²) in [5.74, 6) is -28.5. The second kappa shape index (κ2) is 38.4. The van der Waals surface area contributed by atoms with E-state index in [9.17, 15) is 90.8 Å². The SMILES string of the molecule is [2H]C([2H])([2H])Oc1cc([C@@H]2c3cc4c(cc3[C@@H](O[C@@H]3O[C@@H]5CO[C@@H](C)O[C@H]5[C@H](O)[C@H]3O)[C@@H]3[C@@H]2C(=O)OC3([2H])[2H])OC([2H])([2H])O4)cc(OC([2H])([2H])[2H])c1OP(=O)(O)O.[2H]C([2H])([2H])Oc1cc([C@]2([2H])c3cc4c(cc3[C@@H](O[C@@H]3O[C@@H]5CO[C@@H](C)O[C@H]5[C@H](O)[C@H]3O)[C@H]3COC(=O)[C@@H]32)OC([2H])([2H])O4)cc(OC([2H])([2H])[2H])c1OP(=O)(O)O.[2H]C1([2H])Oc2cc3c(cc2O1)[C@@]([2H])(c1cc(OC)c(OP(=O)(O)O)c(OC)c1)[C@H]1C(=O)OC([2H])([2H])[C@@H]1[C@@H]3O[C@@H]1O[C@@H]2CO[C@@H](C)O[C@H]2[C@H](O)[C@H]1O. The summed E-state index contributed by atoms with van der Waals surface area (Å²) in [6.07, 6.45) is -27.8. The summed E-state index contributed by atoms with van der Waals surface area (Å²) in [5.41, 5.74) is -1.39. The molecule has 0 aromatic heterocycles. The number of hydrogen-bond acceptors (Lipinski definition) is 42. The van der Waals surface area contributed by atoms with E-state index < -0.39 is 338 Å². The Bertz CT molecular complexity index is 6800. The maximum atomic E-state index is 13.9. The molecule has 6 aromatic rings. The van der Waals surface area contributed by atoms with E-state index in [0.29, 0.717) is 0 Å².